The molecule has 0 spiro atoms. The van der Waals surface area contributed by atoms with Crippen LogP contribution in [-0.2, 0) is 16.0 Å². The topological polar surface area (TPSA) is 98.5 Å². The largest absolute Gasteiger partial charge is 0.452 e. The van der Waals surface area contributed by atoms with Crippen molar-refractivity contribution in [2.24, 2.45) is 0 Å². The standard InChI is InChI=1S/C18H18N2O5/c1-3-13-4-6-14(7-5-13)18(22)25-11-17(21)19-16-9-8-15(20(23)24)10-12(16)2/h4-10H,3,11H2,1-2H3,(H,19,21). The minimum Gasteiger partial charge on any atom is -0.452 e. The first kappa shape index (κ1) is 18.1. The number of benzene rings is 2. The van der Waals surface area contributed by atoms with Gasteiger partial charge in [-0.2, -0.15) is 0 Å². The molecule has 130 valence electrons. The van der Waals surface area contributed by atoms with Gasteiger partial charge in [0.15, 0.2) is 6.61 Å². The first-order chi connectivity index (χ1) is 11.9. The summed E-state index contributed by atoms with van der Waals surface area (Å²) in [5.41, 5.74) is 2.39. The van der Waals surface area contributed by atoms with Gasteiger partial charge >= 0.3 is 5.97 Å². The first-order valence-electron chi connectivity index (χ1n) is 7.71. The molecule has 2 aromatic rings. The molecule has 7 nitrogen and oxygen atoms in total. The molecular weight excluding hydrogens is 324 g/mol. The van der Waals surface area contributed by atoms with E-state index in [0.29, 0.717) is 16.8 Å². The van der Waals surface area contributed by atoms with Crippen LogP contribution in [0.5, 0.6) is 0 Å². The number of nitro benzene ring substituents is 1. The van der Waals surface area contributed by atoms with Crippen molar-refractivity contribution in [3.05, 3.63) is 69.3 Å². The molecule has 0 saturated heterocycles. The Morgan fingerprint density at radius 1 is 1.16 bits per heavy atom. The summed E-state index contributed by atoms with van der Waals surface area (Å²) in [5, 5.41) is 13.3. The highest BCUT2D eigenvalue weighted by Crippen LogP contribution is 2.21. The molecule has 0 saturated carbocycles. The number of aryl methyl sites for hydroxylation is 2. The molecule has 0 aliphatic carbocycles. The number of nitro groups is 1. The second kappa shape index (κ2) is 8.05. The van der Waals surface area contributed by atoms with Gasteiger partial charge in [0.25, 0.3) is 11.6 Å². The van der Waals surface area contributed by atoms with Crippen LogP contribution in [0, 0.1) is 17.0 Å². The molecule has 2 aromatic carbocycles. The van der Waals surface area contributed by atoms with Crippen molar-refractivity contribution in [2.45, 2.75) is 20.3 Å². The van der Waals surface area contributed by atoms with E-state index in [4.69, 9.17) is 4.74 Å². The molecule has 0 aliphatic rings. The third-order valence-corrected chi connectivity index (χ3v) is 3.63. The van der Waals surface area contributed by atoms with Gasteiger partial charge in [0.1, 0.15) is 0 Å². The van der Waals surface area contributed by atoms with Crippen LogP contribution in [0.2, 0.25) is 0 Å². The fourth-order valence-electron chi connectivity index (χ4n) is 2.18. The summed E-state index contributed by atoms with van der Waals surface area (Å²) in [6.45, 7) is 3.21. The van der Waals surface area contributed by atoms with Gasteiger partial charge in [0, 0.05) is 17.8 Å². The van der Waals surface area contributed by atoms with E-state index in [0.717, 1.165) is 12.0 Å². The molecule has 2 rings (SSSR count). The van der Waals surface area contributed by atoms with Gasteiger partial charge in [-0.15, -0.1) is 0 Å². The van der Waals surface area contributed by atoms with Crippen LogP contribution in [0.4, 0.5) is 11.4 Å². The minimum absolute atomic E-state index is 0.0579. The molecule has 0 fully saturated rings. The van der Waals surface area contributed by atoms with Gasteiger partial charge in [-0.05, 0) is 42.7 Å². The monoisotopic (exact) mass is 342 g/mol. The SMILES string of the molecule is CCc1ccc(C(=O)OCC(=O)Nc2ccc([N+](=O)[O-])cc2C)cc1. The molecule has 1 amide bonds. The number of rotatable bonds is 6. The summed E-state index contributed by atoms with van der Waals surface area (Å²) >= 11 is 0. The highest BCUT2D eigenvalue weighted by Gasteiger charge is 2.13. The number of nitrogens with zero attached hydrogens (tertiary/aromatic N) is 1. The van der Waals surface area contributed by atoms with Crippen molar-refractivity contribution >= 4 is 23.3 Å². The van der Waals surface area contributed by atoms with Crippen molar-refractivity contribution < 1.29 is 19.2 Å². The maximum atomic E-state index is 11.9. The van der Waals surface area contributed by atoms with Gasteiger partial charge in [0.2, 0.25) is 0 Å². The zero-order valence-electron chi connectivity index (χ0n) is 13.9. The smallest absolute Gasteiger partial charge is 0.338 e. The predicted octanol–water partition coefficient (Wildman–Crippen LogP) is 3.26. The molecule has 0 aromatic heterocycles. The molecule has 0 heterocycles. The fraction of sp³-hybridized carbons (Fsp3) is 0.222. The highest BCUT2D eigenvalue weighted by molar-refractivity contribution is 5.96. The van der Waals surface area contributed by atoms with Gasteiger partial charge in [-0.25, -0.2) is 4.79 Å². The van der Waals surface area contributed by atoms with E-state index in [1.165, 1.54) is 18.2 Å². The van der Waals surface area contributed by atoms with Crippen LogP contribution in [0.25, 0.3) is 0 Å². The van der Waals surface area contributed by atoms with Crippen LogP contribution in [-0.4, -0.2) is 23.4 Å². The van der Waals surface area contributed by atoms with E-state index < -0.39 is 23.4 Å². The van der Waals surface area contributed by atoms with Crippen LogP contribution in [0.3, 0.4) is 0 Å². The number of carbonyl (C=O) groups excluding carboxylic acids is 2. The van der Waals surface area contributed by atoms with Crippen molar-refractivity contribution in [2.75, 3.05) is 11.9 Å². The molecule has 0 aliphatic heterocycles. The molecule has 7 heteroatoms. The highest BCUT2D eigenvalue weighted by atomic mass is 16.6. The third-order valence-electron chi connectivity index (χ3n) is 3.63. The van der Waals surface area contributed by atoms with Crippen molar-refractivity contribution in [1.82, 2.24) is 0 Å². The van der Waals surface area contributed by atoms with E-state index in [-0.39, 0.29) is 5.69 Å². The lowest BCUT2D eigenvalue weighted by molar-refractivity contribution is -0.384. The van der Waals surface area contributed by atoms with E-state index in [2.05, 4.69) is 5.32 Å². The normalized spacial score (nSPS) is 10.2. The number of anilines is 1. The van der Waals surface area contributed by atoms with Gasteiger partial charge in [-0.3, -0.25) is 14.9 Å². The lowest BCUT2D eigenvalue weighted by atomic mass is 10.1. The predicted molar refractivity (Wildman–Crippen MR) is 92.6 cm³/mol. The Labute approximate surface area is 144 Å². The first-order valence-corrected chi connectivity index (χ1v) is 7.71. The molecular formula is C18H18N2O5. The lowest BCUT2D eigenvalue weighted by Crippen LogP contribution is -2.21. The number of nitrogens with one attached hydrogen (secondary N) is 1. The maximum absolute atomic E-state index is 11.9. The Balaban J connectivity index is 1.91. The zero-order valence-corrected chi connectivity index (χ0v) is 13.9. The Morgan fingerprint density at radius 2 is 1.84 bits per heavy atom. The van der Waals surface area contributed by atoms with Crippen LogP contribution >= 0.6 is 0 Å². The summed E-state index contributed by atoms with van der Waals surface area (Å²) in [6, 6.07) is 11.1. The average molecular weight is 342 g/mol. The summed E-state index contributed by atoms with van der Waals surface area (Å²) in [6.07, 6.45) is 0.867. The average Bonchev–Trinajstić information content (AvgIpc) is 2.61. The van der Waals surface area contributed by atoms with Crippen molar-refractivity contribution in [3.8, 4) is 0 Å². The van der Waals surface area contributed by atoms with E-state index >= 15 is 0 Å². The fourth-order valence-corrected chi connectivity index (χ4v) is 2.18. The Kier molecular flexibility index (Phi) is 5.84. The van der Waals surface area contributed by atoms with E-state index in [9.17, 15) is 19.7 Å². The van der Waals surface area contributed by atoms with Crippen molar-refractivity contribution in [1.29, 1.82) is 0 Å². The maximum Gasteiger partial charge on any atom is 0.338 e. The lowest BCUT2D eigenvalue weighted by Gasteiger charge is -2.09. The Morgan fingerprint density at radius 3 is 2.40 bits per heavy atom. The number of non-ortho nitro benzene ring substituents is 1. The third kappa shape index (κ3) is 4.87. The van der Waals surface area contributed by atoms with E-state index in [1.807, 2.05) is 19.1 Å². The second-order valence-corrected chi connectivity index (χ2v) is 5.43. The minimum atomic E-state index is -0.585. The molecule has 0 radical (unpaired) electrons. The molecule has 1 N–H and O–H groups in total. The number of ether oxygens (including phenoxy) is 1. The second-order valence-electron chi connectivity index (χ2n) is 5.43. The quantitative estimate of drug-likeness (QED) is 0.493. The number of carbonyl (C=O) groups is 2. The van der Waals surface area contributed by atoms with Gasteiger partial charge < -0.3 is 10.1 Å². The summed E-state index contributed by atoms with van der Waals surface area (Å²) in [5.74, 6) is -1.10. The van der Waals surface area contributed by atoms with Crippen LogP contribution in [0.15, 0.2) is 42.5 Å². The molecule has 0 unspecified atom stereocenters. The Hall–Kier alpha value is -3.22. The van der Waals surface area contributed by atoms with Crippen LogP contribution in [0.1, 0.15) is 28.4 Å². The molecule has 0 atom stereocenters. The number of hydrogen-bond acceptors (Lipinski definition) is 5. The Bertz CT molecular complexity index is 800. The van der Waals surface area contributed by atoms with Gasteiger partial charge in [-0.1, -0.05) is 19.1 Å². The number of esters is 1. The number of amides is 1. The molecule has 0 bridgehead atoms. The summed E-state index contributed by atoms with van der Waals surface area (Å²) in [7, 11) is 0. The number of hydrogen-bond donors (Lipinski definition) is 1. The van der Waals surface area contributed by atoms with Gasteiger partial charge in [0.05, 0.1) is 10.5 Å². The zero-order chi connectivity index (χ0) is 18.4. The van der Waals surface area contributed by atoms with Crippen LogP contribution < -0.4 is 5.32 Å². The van der Waals surface area contributed by atoms with Crippen molar-refractivity contribution in [3.63, 3.8) is 0 Å². The van der Waals surface area contributed by atoms with E-state index in [1.54, 1.807) is 19.1 Å². The summed E-state index contributed by atoms with van der Waals surface area (Å²) < 4.78 is 4.98. The summed E-state index contributed by atoms with van der Waals surface area (Å²) in [4.78, 5) is 34.0. The molecule has 25 heavy (non-hydrogen) atoms.